The van der Waals surface area contributed by atoms with Crippen molar-refractivity contribution in [3.63, 3.8) is 0 Å². The summed E-state index contributed by atoms with van der Waals surface area (Å²) in [5, 5.41) is 0.859. The molecular formula is C27H37ClN6O2S. The highest BCUT2D eigenvalue weighted by molar-refractivity contribution is 7.99. The van der Waals surface area contributed by atoms with Crippen molar-refractivity contribution in [3.8, 4) is 0 Å². The average molecular weight is 545 g/mol. The van der Waals surface area contributed by atoms with Crippen molar-refractivity contribution in [2.24, 2.45) is 5.92 Å². The van der Waals surface area contributed by atoms with Crippen LogP contribution in [0.15, 0.2) is 35.5 Å². The number of hydrogen-bond acceptors (Lipinski definition) is 7. The van der Waals surface area contributed by atoms with Crippen LogP contribution in [-0.4, -0.2) is 89.2 Å². The molecule has 0 spiro atoms. The van der Waals surface area contributed by atoms with Crippen LogP contribution in [0.25, 0.3) is 0 Å². The quantitative estimate of drug-likeness (QED) is 0.297. The molecule has 0 bridgehead atoms. The molecule has 0 aliphatic carbocycles. The van der Waals surface area contributed by atoms with Crippen molar-refractivity contribution in [3.05, 3.63) is 41.0 Å². The van der Waals surface area contributed by atoms with E-state index < -0.39 is 0 Å². The molecule has 1 aromatic carbocycles. The van der Waals surface area contributed by atoms with Crippen molar-refractivity contribution < 1.29 is 9.59 Å². The van der Waals surface area contributed by atoms with Gasteiger partial charge in [-0.1, -0.05) is 55.4 Å². The molecule has 10 heteroatoms. The molecule has 1 atom stereocenters. The molecule has 2 amide bonds. The Morgan fingerprint density at radius 3 is 2.41 bits per heavy atom. The van der Waals surface area contributed by atoms with Crippen LogP contribution in [0.1, 0.15) is 32.8 Å². The molecule has 0 saturated carbocycles. The van der Waals surface area contributed by atoms with Crippen LogP contribution in [0, 0.1) is 12.8 Å². The molecule has 4 rings (SSSR count). The van der Waals surface area contributed by atoms with Crippen LogP contribution < -0.4 is 9.80 Å². The summed E-state index contributed by atoms with van der Waals surface area (Å²) in [7, 11) is 0. The van der Waals surface area contributed by atoms with E-state index in [4.69, 9.17) is 16.6 Å². The van der Waals surface area contributed by atoms with Gasteiger partial charge in [-0.3, -0.25) is 9.59 Å². The standard InChI is InChI=1S/C27H37ClN6O2S/c1-19(2)15-25(35)34-14-13-33(17-21(34)4)24-16-23(28)29-27(30-24)37-18-26(36)32-11-9-31(10-12-32)22-8-6-5-7-20(22)3/h5-8,16,19,21H,9-15,17-18H2,1-4H3. The van der Waals surface area contributed by atoms with Gasteiger partial charge in [-0.25, -0.2) is 9.97 Å². The third-order valence-corrected chi connectivity index (χ3v) is 7.95. The Morgan fingerprint density at radius 1 is 1.03 bits per heavy atom. The van der Waals surface area contributed by atoms with Gasteiger partial charge in [0.15, 0.2) is 5.16 Å². The second-order valence-corrected chi connectivity index (χ2v) is 11.6. The van der Waals surface area contributed by atoms with E-state index in [1.54, 1.807) is 6.07 Å². The number of rotatable bonds is 7. The molecule has 200 valence electrons. The zero-order valence-electron chi connectivity index (χ0n) is 22.2. The predicted molar refractivity (Wildman–Crippen MR) is 151 cm³/mol. The Bertz CT molecular complexity index is 1110. The first-order chi connectivity index (χ1) is 17.7. The number of anilines is 2. The van der Waals surface area contributed by atoms with E-state index in [1.807, 2.05) is 9.80 Å². The van der Waals surface area contributed by atoms with E-state index in [0.29, 0.717) is 55.4 Å². The predicted octanol–water partition coefficient (Wildman–Crippen LogP) is 3.96. The van der Waals surface area contributed by atoms with Gasteiger partial charge >= 0.3 is 0 Å². The lowest BCUT2D eigenvalue weighted by Crippen LogP contribution is -2.54. The molecular weight excluding hydrogens is 508 g/mol. The lowest BCUT2D eigenvalue weighted by molar-refractivity contribution is -0.134. The van der Waals surface area contributed by atoms with Gasteiger partial charge in [0.2, 0.25) is 11.8 Å². The summed E-state index contributed by atoms with van der Waals surface area (Å²) in [5.41, 5.74) is 2.49. The highest BCUT2D eigenvalue weighted by Gasteiger charge is 2.29. The normalized spacial score (nSPS) is 18.5. The number of halogens is 1. The molecule has 0 N–H and O–H groups in total. The molecule has 1 unspecified atom stereocenters. The molecule has 2 aliphatic rings. The van der Waals surface area contributed by atoms with Crippen LogP contribution in [-0.2, 0) is 9.59 Å². The highest BCUT2D eigenvalue weighted by atomic mass is 35.5. The molecule has 2 fully saturated rings. The van der Waals surface area contributed by atoms with E-state index in [-0.39, 0.29) is 23.6 Å². The fourth-order valence-electron chi connectivity index (χ4n) is 4.95. The van der Waals surface area contributed by atoms with E-state index >= 15 is 0 Å². The lowest BCUT2D eigenvalue weighted by atomic mass is 10.1. The Morgan fingerprint density at radius 2 is 1.73 bits per heavy atom. The number of carbonyl (C=O) groups is 2. The van der Waals surface area contributed by atoms with E-state index in [2.05, 4.69) is 66.7 Å². The van der Waals surface area contributed by atoms with Crippen LogP contribution in [0.2, 0.25) is 5.15 Å². The highest BCUT2D eigenvalue weighted by Crippen LogP contribution is 2.25. The zero-order chi connectivity index (χ0) is 26.5. The van der Waals surface area contributed by atoms with Gasteiger partial charge in [0, 0.05) is 70.0 Å². The van der Waals surface area contributed by atoms with Crippen molar-refractivity contribution in [1.82, 2.24) is 19.8 Å². The molecule has 0 radical (unpaired) electrons. The molecule has 2 aliphatic heterocycles. The Kier molecular flexibility index (Phi) is 9.18. The summed E-state index contributed by atoms with van der Waals surface area (Å²) in [6.07, 6.45) is 0.569. The number of benzene rings is 1. The third kappa shape index (κ3) is 7.08. The molecule has 1 aromatic heterocycles. The maximum absolute atomic E-state index is 12.9. The minimum Gasteiger partial charge on any atom is -0.368 e. The Balaban J connectivity index is 1.30. The van der Waals surface area contributed by atoms with Crippen LogP contribution in [0.3, 0.4) is 0 Å². The average Bonchev–Trinajstić information content (AvgIpc) is 2.87. The molecule has 2 saturated heterocycles. The van der Waals surface area contributed by atoms with Gasteiger partial charge in [0.05, 0.1) is 5.75 Å². The summed E-state index contributed by atoms with van der Waals surface area (Å²) < 4.78 is 0. The smallest absolute Gasteiger partial charge is 0.233 e. The monoisotopic (exact) mass is 544 g/mol. The number of nitrogens with zero attached hydrogens (tertiary/aromatic N) is 6. The SMILES string of the molecule is Cc1ccccc1N1CCN(C(=O)CSc2nc(Cl)cc(N3CCN(C(=O)CC(C)C)C(C)C3)n2)CC1. The van der Waals surface area contributed by atoms with Gasteiger partial charge in [0.1, 0.15) is 11.0 Å². The van der Waals surface area contributed by atoms with Crippen molar-refractivity contribution in [2.75, 3.05) is 61.4 Å². The van der Waals surface area contributed by atoms with Crippen molar-refractivity contribution in [1.29, 1.82) is 0 Å². The minimum absolute atomic E-state index is 0.0877. The number of hydrogen-bond donors (Lipinski definition) is 0. The minimum atomic E-state index is 0.0877. The molecule has 3 heterocycles. The van der Waals surface area contributed by atoms with Gasteiger partial charge in [-0.15, -0.1) is 0 Å². The summed E-state index contributed by atoms with van der Waals surface area (Å²) in [4.78, 5) is 42.9. The Hall–Kier alpha value is -2.52. The van der Waals surface area contributed by atoms with E-state index in [0.717, 1.165) is 18.9 Å². The van der Waals surface area contributed by atoms with Crippen molar-refractivity contribution in [2.45, 2.75) is 45.3 Å². The maximum atomic E-state index is 12.9. The van der Waals surface area contributed by atoms with Crippen LogP contribution >= 0.6 is 23.4 Å². The van der Waals surface area contributed by atoms with E-state index in [9.17, 15) is 9.59 Å². The maximum Gasteiger partial charge on any atom is 0.233 e. The van der Waals surface area contributed by atoms with Gasteiger partial charge in [0.25, 0.3) is 0 Å². The third-order valence-electron chi connectivity index (χ3n) is 6.93. The number of aryl methyl sites for hydroxylation is 1. The van der Waals surface area contributed by atoms with Crippen molar-refractivity contribution >= 4 is 46.7 Å². The number of aromatic nitrogens is 2. The topological polar surface area (TPSA) is 72.9 Å². The number of para-hydroxylation sites is 1. The largest absolute Gasteiger partial charge is 0.368 e. The first kappa shape index (κ1) is 27.5. The van der Waals surface area contributed by atoms with Gasteiger partial charge in [-0.2, -0.15) is 0 Å². The van der Waals surface area contributed by atoms with Gasteiger partial charge < -0.3 is 19.6 Å². The number of piperazine rings is 2. The Labute approximate surface area is 229 Å². The lowest BCUT2D eigenvalue weighted by Gasteiger charge is -2.40. The van der Waals surface area contributed by atoms with E-state index in [1.165, 1.54) is 23.0 Å². The summed E-state index contributed by atoms with van der Waals surface area (Å²) in [6, 6.07) is 10.2. The zero-order valence-corrected chi connectivity index (χ0v) is 23.8. The fourth-order valence-corrected chi connectivity index (χ4v) is 5.93. The molecule has 8 nitrogen and oxygen atoms in total. The molecule has 37 heavy (non-hydrogen) atoms. The number of thioether (sulfide) groups is 1. The first-order valence-corrected chi connectivity index (χ1v) is 14.4. The number of carbonyl (C=O) groups excluding carboxylic acids is 2. The van der Waals surface area contributed by atoms with Crippen LogP contribution in [0.5, 0.6) is 0 Å². The summed E-state index contributed by atoms with van der Waals surface area (Å²) >= 11 is 7.66. The molecule has 2 aromatic rings. The summed E-state index contributed by atoms with van der Waals surface area (Å²) in [6.45, 7) is 13.4. The fraction of sp³-hybridized carbons (Fsp3) is 0.556. The second kappa shape index (κ2) is 12.3. The number of amides is 2. The second-order valence-electron chi connectivity index (χ2n) is 10.3. The first-order valence-electron chi connectivity index (χ1n) is 13.0. The summed E-state index contributed by atoms with van der Waals surface area (Å²) in [5.74, 6) is 1.66. The van der Waals surface area contributed by atoms with Gasteiger partial charge in [-0.05, 0) is 31.4 Å². The van der Waals surface area contributed by atoms with Crippen LogP contribution in [0.4, 0.5) is 11.5 Å².